The molecule has 0 aliphatic heterocycles. The van der Waals surface area contributed by atoms with E-state index in [1.54, 1.807) is 0 Å². The van der Waals surface area contributed by atoms with Crippen molar-refractivity contribution < 1.29 is 14.3 Å². The molecule has 0 heterocycles. The first kappa shape index (κ1) is 16.7. The Morgan fingerprint density at radius 1 is 0.960 bits per heavy atom. The maximum atomic E-state index is 12.5. The average Bonchev–Trinajstić information content (AvgIpc) is 3.01. The van der Waals surface area contributed by atoms with Gasteiger partial charge in [0.25, 0.3) is 0 Å². The number of hydrogen-bond donors (Lipinski definition) is 0. The molecule has 0 amide bonds. The van der Waals surface area contributed by atoms with E-state index in [1.807, 2.05) is 33.8 Å². The van der Waals surface area contributed by atoms with Gasteiger partial charge in [0.2, 0.25) is 0 Å². The monoisotopic (exact) mass is 358 g/mol. The van der Waals surface area contributed by atoms with Crippen LogP contribution in [0.3, 0.4) is 0 Å². The predicted molar refractivity (Wildman–Crippen MR) is 100 cm³/mol. The molecule has 2 aliphatic carbocycles. The Morgan fingerprint density at radius 3 is 2.12 bits per heavy atom. The molecule has 0 N–H and O–H groups in total. The summed E-state index contributed by atoms with van der Waals surface area (Å²) in [7, 11) is 0. The van der Waals surface area contributed by atoms with Crippen LogP contribution in [0.1, 0.15) is 66.5 Å². The third kappa shape index (κ3) is 2.52. The van der Waals surface area contributed by atoms with Crippen molar-refractivity contribution >= 4 is 28.2 Å². The fourth-order valence-electron chi connectivity index (χ4n) is 4.07. The number of rotatable bonds is 4. The number of Topliss-reactive ketones (excluding diaryl/α,β-unsaturated/α-hetero) is 1. The summed E-state index contributed by atoms with van der Waals surface area (Å²) in [4.78, 5) is 12.5. The summed E-state index contributed by atoms with van der Waals surface area (Å²) < 4.78 is 12.0. The molecule has 0 saturated heterocycles. The minimum Gasteiger partial charge on any atom is -0.487 e. The average molecular weight is 359 g/mol. The van der Waals surface area contributed by atoms with Gasteiger partial charge in [-0.2, -0.15) is 0 Å². The quantitative estimate of drug-likeness (QED) is 0.688. The molecular formula is C21H23ClO3. The van der Waals surface area contributed by atoms with Gasteiger partial charge in [-0.3, -0.25) is 4.79 Å². The van der Waals surface area contributed by atoms with E-state index in [0.29, 0.717) is 5.75 Å². The molecule has 132 valence electrons. The third-order valence-electron chi connectivity index (χ3n) is 4.95. The van der Waals surface area contributed by atoms with Gasteiger partial charge in [-0.1, -0.05) is 0 Å². The van der Waals surface area contributed by atoms with Crippen LogP contribution in [0.2, 0.25) is 0 Å². The van der Waals surface area contributed by atoms with Gasteiger partial charge in [-0.25, -0.2) is 0 Å². The summed E-state index contributed by atoms with van der Waals surface area (Å²) in [5.74, 6) is 1.48. The van der Waals surface area contributed by atoms with Crippen LogP contribution >= 0.6 is 11.6 Å². The molecule has 3 nitrogen and oxygen atoms in total. The van der Waals surface area contributed by atoms with Crippen molar-refractivity contribution in [3.63, 3.8) is 0 Å². The molecule has 0 aromatic heterocycles. The van der Waals surface area contributed by atoms with Gasteiger partial charge in [0.05, 0.1) is 12.2 Å². The van der Waals surface area contributed by atoms with Crippen LogP contribution in [0, 0.1) is 0 Å². The van der Waals surface area contributed by atoms with Crippen LogP contribution in [-0.4, -0.2) is 18.0 Å². The van der Waals surface area contributed by atoms with E-state index in [2.05, 4.69) is 6.07 Å². The van der Waals surface area contributed by atoms with E-state index >= 15 is 0 Å². The standard InChI is InChI=1S/C21H23ClO3/c1-10(2)24-16-8-14-12-6-5-7-13(12)18-19(21(23)20(18)22)15(14)9-17(16)25-11(3)4/h8-11,20H,5-7H2,1-4H3. The molecule has 0 bridgehead atoms. The van der Waals surface area contributed by atoms with Crippen LogP contribution < -0.4 is 9.47 Å². The first-order chi connectivity index (χ1) is 11.9. The van der Waals surface area contributed by atoms with Crippen LogP contribution in [0.15, 0.2) is 12.1 Å². The van der Waals surface area contributed by atoms with E-state index in [-0.39, 0.29) is 18.0 Å². The fraction of sp³-hybridized carbons (Fsp3) is 0.476. The van der Waals surface area contributed by atoms with E-state index in [0.717, 1.165) is 46.9 Å². The summed E-state index contributed by atoms with van der Waals surface area (Å²) in [6.45, 7) is 7.99. The number of aryl methyl sites for hydroxylation is 1. The highest BCUT2D eigenvalue weighted by Gasteiger charge is 2.41. The largest absolute Gasteiger partial charge is 0.487 e. The number of carbonyl (C=O) groups excluding carboxylic acids is 1. The van der Waals surface area contributed by atoms with E-state index in [1.165, 1.54) is 11.1 Å². The summed E-state index contributed by atoms with van der Waals surface area (Å²) in [6.07, 6.45) is 3.24. The molecule has 0 spiro atoms. The molecule has 4 rings (SSSR count). The number of ether oxygens (including phenoxy) is 2. The number of hydrogen-bond acceptors (Lipinski definition) is 3. The zero-order valence-electron chi connectivity index (χ0n) is 15.1. The Kier molecular flexibility index (Phi) is 3.95. The molecule has 0 fully saturated rings. The highest BCUT2D eigenvalue weighted by atomic mass is 35.5. The number of alkyl halides is 1. The smallest absolute Gasteiger partial charge is 0.186 e. The fourth-order valence-corrected chi connectivity index (χ4v) is 4.42. The van der Waals surface area contributed by atoms with E-state index in [4.69, 9.17) is 21.1 Å². The Morgan fingerprint density at radius 2 is 1.52 bits per heavy atom. The maximum absolute atomic E-state index is 12.5. The first-order valence-electron chi connectivity index (χ1n) is 9.05. The van der Waals surface area contributed by atoms with Gasteiger partial charge in [0.15, 0.2) is 17.3 Å². The number of carbonyl (C=O) groups is 1. The molecule has 0 radical (unpaired) electrons. The molecule has 2 aromatic carbocycles. The van der Waals surface area contributed by atoms with Crippen molar-refractivity contribution in [1.82, 2.24) is 0 Å². The second kappa shape index (κ2) is 5.91. The predicted octanol–water partition coefficient (Wildman–Crippen LogP) is 5.38. The van der Waals surface area contributed by atoms with Crippen molar-refractivity contribution in [2.45, 2.75) is 64.5 Å². The summed E-state index contributed by atoms with van der Waals surface area (Å²) >= 11 is 6.33. The van der Waals surface area contributed by atoms with Gasteiger partial charge in [0, 0.05) is 5.56 Å². The maximum Gasteiger partial charge on any atom is 0.186 e. The van der Waals surface area contributed by atoms with Crippen molar-refractivity contribution in [1.29, 1.82) is 0 Å². The highest BCUT2D eigenvalue weighted by molar-refractivity contribution is 6.41. The lowest BCUT2D eigenvalue weighted by Crippen LogP contribution is -2.25. The van der Waals surface area contributed by atoms with Gasteiger partial charge >= 0.3 is 0 Å². The lowest BCUT2D eigenvalue weighted by molar-refractivity contribution is 0.0962. The Hall–Kier alpha value is -1.74. The van der Waals surface area contributed by atoms with Crippen LogP contribution in [0.25, 0.3) is 10.8 Å². The lowest BCUT2D eigenvalue weighted by atomic mass is 9.77. The zero-order chi connectivity index (χ0) is 17.9. The minimum atomic E-state index is -0.479. The number of ketones is 1. The molecular weight excluding hydrogens is 336 g/mol. The Balaban J connectivity index is 2.00. The summed E-state index contributed by atoms with van der Waals surface area (Å²) in [6, 6.07) is 4.04. The number of benzene rings is 2. The molecule has 1 unspecified atom stereocenters. The van der Waals surface area contributed by atoms with Crippen LogP contribution in [0.4, 0.5) is 0 Å². The Bertz CT molecular complexity index is 883. The zero-order valence-corrected chi connectivity index (χ0v) is 15.9. The highest BCUT2D eigenvalue weighted by Crippen LogP contribution is 2.50. The third-order valence-corrected chi connectivity index (χ3v) is 5.36. The first-order valence-corrected chi connectivity index (χ1v) is 9.49. The number of fused-ring (bicyclic) bond motifs is 6. The Labute approximate surface area is 153 Å². The van der Waals surface area contributed by atoms with Crippen molar-refractivity contribution in [2.24, 2.45) is 0 Å². The topological polar surface area (TPSA) is 35.5 Å². The molecule has 0 saturated carbocycles. The van der Waals surface area contributed by atoms with Gasteiger partial charge in [0.1, 0.15) is 5.38 Å². The minimum absolute atomic E-state index is 0.0312. The molecule has 4 heteroatoms. The lowest BCUT2D eigenvalue weighted by Gasteiger charge is -2.30. The SMILES string of the molecule is CC(C)Oc1cc2c3c(c4c(c2cc1OC(C)C)C(=O)C4Cl)CCC3. The van der Waals surface area contributed by atoms with Crippen molar-refractivity contribution in [3.05, 3.63) is 34.4 Å². The van der Waals surface area contributed by atoms with E-state index in [9.17, 15) is 4.79 Å². The second-order valence-corrected chi connectivity index (χ2v) is 7.94. The molecule has 1 atom stereocenters. The van der Waals surface area contributed by atoms with Gasteiger partial charge in [-0.05, 0) is 86.6 Å². The summed E-state index contributed by atoms with van der Waals surface area (Å²) in [5, 5.41) is 1.60. The van der Waals surface area contributed by atoms with E-state index < -0.39 is 5.38 Å². The van der Waals surface area contributed by atoms with Crippen molar-refractivity contribution in [3.8, 4) is 11.5 Å². The summed E-state index contributed by atoms with van der Waals surface area (Å²) in [5.41, 5.74) is 4.46. The second-order valence-electron chi connectivity index (χ2n) is 7.50. The normalized spacial score (nSPS) is 18.5. The van der Waals surface area contributed by atoms with Crippen molar-refractivity contribution in [2.75, 3.05) is 0 Å². The molecule has 2 aromatic rings. The molecule has 2 aliphatic rings. The van der Waals surface area contributed by atoms with Crippen LogP contribution in [-0.2, 0) is 12.8 Å². The number of halogens is 1. The molecule has 25 heavy (non-hydrogen) atoms. The van der Waals surface area contributed by atoms with Gasteiger partial charge < -0.3 is 9.47 Å². The van der Waals surface area contributed by atoms with Crippen LogP contribution in [0.5, 0.6) is 11.5 Å². The van der Waals surface area contributed by atoms with Gasteiger partial charge in [-0.15, -0.1) is 11.6 Å².